The third kappa shape index (κ3) is 4.18. The van der Waals surface area contributed by atoms with Crippen LogP contribution < -0.4 is 5.32 Å². The summed E-state index contributed by atoms with van der Waals surface area (Å²) in [6.07, 6.45) is -4.37. The summed E-state index contributed by atoms with van der Waals surface area (Å²) >= 11 is 0. The molecule has 0 radical (unpaired) electrons. The molecule has 0 rings (SSSR count). The number of rotatable bonds is 5. The van der Waals surface area contributed by atoms with Gasteiger partial charge in [0.1, 0.15) is 5.41 Å². The Morgan fingerprint density at radius 1 is 1.35 bits per heavy atom. The van der Waals surface area contributed by atoms with Crippen LogP contribution in [0.25, 0.3) is 0 Å². The molecule has 17 heavy (non-hydrogen) atoms. The van der Waals surface area contributed by atoms with Crippen LogP contribution in [0.1, 0.15) is 40.5 Å². The van der Waals surface area contributed by atoms with Gasteiger partial charge in [-0.3, -0.25) is 4.79 Å². The molecule has 2 N–H and O–H groups in total. The van der Waals surface area contributed by atoms with Crippen molar-refractivity contribution in [3.63, 3.8) is 0 Å². The number of halogens is 3. The van der Waals surface area contributed by atoms with Crippen molar-refractivity contribution < 1.29 is 23.1 Å². The SMILES string of the molecule is CCC[C@@H](NC(=O)C(C)(C)C(F)(F)F)[C@H](C)O. The number of alkyl halides is 3. The van der Waals surface area contributed by atoms with Gasteiger partial charge in [0, 0.05) is 0 Å². The second-order valence-electron chi connectivity index (χ2n) is 4.73. The van der Waals surface area contributed by atoms with E-state index in [1.807, 2.05) is 6.92 Å². The summed E-state index contributed by atoms with van der Waals surface area (Å²) in [5.41, 5.74) is -2.45. The lowest BCUT2D eigenvalue weighted by Crippen LogP contribution is -2.52. The minimum Gasteiger partial charge on any atom is -0.391 e. The van der Waals surface area contributed by atoms with E-state index >= 15 is 0 Å². The van der Waals surface area contributed by atoms with Gasteiger partial charge in [-0.1, -0.05) is 13.3 Å². The number of aliphatic hydroxyl groups is 1. The van der Waals surface area contributed by atoms with Crippen molar-refractivity contribution in [2.45, 2.75) is 58.9 Å². The Kier molecular flexibility index (Phi) is 5.45. The van der Waals surface area contributed by atoms with Crippen molar-refractivity contribution in [3.8, 4) is 0 Å². The fourth-order valence-corrected chi connectivity index (χ4v) is 1.22. The van der Waals surface area contributed by atoms with Crippen LogP contribution in [0.15, 0.2) is 0 Å². The van der Waals surface area contributed by atoms with Crippen molar-refractivity contribution in [3.05, 3.63) is 0 Å². The maximum Gasteiger partial charge on any atom is 0.402 e. The highest BCUT2D eigenvalue weighted by atomic mass is 19.4. The van der Waals surface area contributed by atoms with E-state index in [9.17, 15) is 23.1 Å². The van der Waals surface area contributed by atoms with Gasteiger partial charge in [0.2, 0.25) is 5.91 Å². The monoisotopic (exact) mass is 255 g/mol. The van der Waals surface area contributed by atoms with E-state index in [4.69, 9.17) is 0 Å². The maximum atomic E-state index is 12.6. The number of amides is 1. The van der Waals surface area contributed by atoms with Gasteiger partial charge in [-0.05, 0) is 27.2 Å². The van der Waals surface area contributed by atoms with Crippen LogP contribution in [-0.2, 0) is 4.79 Å². The standard InChI is InChI=1S/C11H20F3NO2/c1-5-6-8(7(2)16)15-9(17)10(3,4)11(12,13)14/h7-8,16H,5-6H2,1-4H3,(H,15,17)/t7-,8+/m0/s1. The molecule has 0 aromatic rings. The van der Waals surface area contributed by atoms with Crippen molar-refractivity contribution in [1.82, 2.24) is 5.32 Å². The zero-order chi connectivity index (χ0) is 13.9. The normalized spacial score (nSPS) is 16.5. The zero-order valence-electron chi connectivity index (χ0n) is 10.6. The minimum absolute atomic E-state index is 0.442. The molecule has 0 aromatic heterocycles. The van der Waals surface area contributed by atoms with Gasteiger partial charge < -0.3 is 10.4 Å². The Morgan fingerprint density at radius 3 is 2.12 bits per heavy atom. The number of hydrogen-bond donors (Lipinski definition) is 2. The third-order valence-corrected chi connectivity index (χ3v) is 2.77. The Morgan fingerprint density at radius 2 is 1.82 bits per heavy atom. The van der Waals surface area contributed by atoms with Crippen LogP contribution in [0.5, 0.6) is 0 Å². The van der Waals surface area contributed by atoms with Gasteiger partial charge in [0.15, 0.2) is 0 Å². The second kappa shape index (κ2) is 5.71. The Hall–Kier alpha value is -0.780. The molecule has 3 nitrogen and oxygen atoms in total. The van der Waals surface area contributed by atoms with Gasteiger partial charge in [0.25, 0.3) is 0 Å². The first-order valence-corrected chi connectivity index (χ1v) is 5.59. The average Bonchev–Trinajstić information content (AvgIpc) is 2.14. The van der Waals surface area contributed by atoms with E-state index in [1.165, 1.54) is 6.92 Å². The Labute approximate surface area is 99.4 Å². The molecule has 0 fully saturated rings. The zero-order valence-corrected chi connectivity index (χ0v) is 10.6. The predicted molar refractivity (Wildman–Crippen MR) is 58.4 cm³/mol. The number of carbonyl (C=O) groups is 1. The molecule has 0 bridgehead atoms. The number of hydrogen-bond acceptors (Lipinski definition) is 2. The predicted octanol–water partition coefficient (Wildman–Crippen LogP) is 2.24. The molecule has 0 aliphatic carbocycles. The summed E-state index contributed by atoms with van der Waals surface area (Å²) < 4.78 is 37.8. The number of aliphatic hydroxyl groups excluding tert-OH is 1. The molecule has 1 amide bonds. The molecular formula is C11H20F3NO2. The van der Waals surface area contributed by atoms with E-state index in [0.717, 1.165) is 13.8 Å². The lowest BCUT2D eigenvalue weighted by Gasteiger charge is -2.30. The minimum atomic E-state index is -4.60. The van der Waals surface area contributed by atoms with Gasteiger partial charge in [0.05, 0.1) is 12.1 Å². The number of nitrogens with one attached hydrogen (secondary N) is 1. The first kappa shape index (κ1) is 16.2. The second-order valence-corrected chi connectivity index (χ2v) is 4.73. The van der Waals surface area contributed by atoms with Crippen molar-refractivity contribution >= 4 is 5.91 Å². The lowest BCUT2D eigenvalue weighted by atomic mass is 9.90. The van der Waals surface area contributed by atoms with Gasteiger partial charge >= 0.3 is 6.18 Å². The van der Waals surface area contributed by atoms with E-state index in [-0.39, 0.29) is 0 Å². The molecule has 6 heteroatoms. The Balaban J connectivity index is 4.72. The van der Waals surface area contributed by atoms with E-state index < -0.39 is 29.6 Å². The molecule has 2 atom stereocenters. The molecule has 102 valence electrons. The third-order valence-electron chi connectivity index (χ3n) is 2.77. The van der Waals surface area contributed by atoms with Crippen molar-refractivity contribution in [2.24, 2.45) is 5.41 Å². The van der Waals surface area contributed by atoms with Crippen LogP contribution in [0.4, 0.5) is 13.2 Å². The average molecular weight is 255 g/mol. The summed E-state index contributed by atoms with van der Waals surface area (Å²) in [5.74, 6) is -1.11. The summed E-state index contributed by atoms with van der Waals surface area (Å²) in [4.78, 5) is 11.6. The highest BCUT2D eigenvalue weighted by molar-refractivity contribution is 5.83. The topological polar surface area (TPSA) is 49.3 Å². The number of carbonyl (C=O) groups excluding carboxylic acids is 1. The van der Waals surface area contributed by atoms with E-state index in [0.29, 0.717) is 12.8 Å². The molecule has 0 saturated heterocycles. The fraction of sp³-hybridized carbons (Fsp3) is 0.909. The molecule has 0 aliphatic rings. The quantitative estimate of drug-likeness (QED) is 0.791. The van der Waals surface area contributed by atoms with Crippen molar-refractivity contribution in [2.75, 3.05) is 0 Å². The molecule has 0 aromatic carbocycles. The summed E-state index contributed by atoms with van der Waals surface area (Å²) in [5, 5.41) is 11.6. The molecule has 0 heterocycles. The summed E-state index contributed by atoms with van der Waals surface area (Å²) in [6, 6.07) is -0.644. The van der Waals surface area contributed by atoms with E-state index in [2.05, 4.69) is 5.32 Å². The summed E-state index contributed by atoms with van der Waals surface area (Å²) in [6.45, 7) is 4.93. The molecule has 0 unspecified atom stereocenters. The molecular weight excluding hydrogens is 235 g/mol. The fourth-order valence-electron chi connectivity index (χ4n) is 1.22. The van der Waals surface area contributed by atoms with E-state index in [1.54, 1.807) is 0 Å². The smallest absolute Gasteiger partial charge is 0.391 e. The largest absolute Gasteiger partial charge is 0.402 e. The van der Waals surface area contributed by atoms with Gasteiger partial charge in [-0.15, -0.1) is 0 Å². The lowest BCUT2D eigenvalue weighted by molar-refractivity contribution is -0.212. The van der Waals surface area contributed by atoms with Crippen LogP contribution in [0, 0.1) is 5.41 Å². The molecule has 0 aliphatic heterocycles. The van der Waals surface area contributed by atoms with Crippen LogP contribution in [0.2, 0.25) is 0 Å². The van der Waals surface area contributed by atoms with Crippen LogP contribution >= 0.6 is 0 Å². The van der Waals surface area contributed by atoms with Crippen LogP contribution in [-0.4, -0.2) is 29.3 Å². The maximum absolute atomic E-state index is 12.6. The van der Waals surface area contributed by atoms with Crippen LogP contribution in [0.3, 0.4) is 0 Å². The first-order valence-electron chi connectivity index (χ1n) is 5.59. The molecule has 0 saturated carbocycles. The Bertz CT molecular complexity index is 262. The van der Waals surface area contributed by atoms with Crippen molar-refractivity contribution in [1.29, 1.82) is 0 Å². The molecule has 0 spiro atoms. The van der Waals surface area contributed by atoms with Gasteiger partial charge in [-0.2, -0.15) is 13.2 Å². The first-order chi connectivity index (χ1) is 7.54. The highest BCUT2D eigenvalue weighted by Gasteiger charge is 2.53. The van der Waals surface area contributed by atoms with Gasteiger partial charge in [-0.25, -0.2) is 0 Å². The highest BCUT2D eigenvalue weighted by Crippen LogP contribution is 2.37. The summed E-state index contributed by atoms with van der Waals surface area (Å²) in [7, 11) is 0.